The number of halogens is 1. The molecule has 1 atom stereocenters. The van der Waals surface area contributed by atoms with E-state index in [-0.39, 0.29) is 5.82 Å². The SMILES string of the molecule is CCCNCC(O)(CC)c1cccc(F)c1. The van der Waals surface area contributed by atoms with Gasteiger partial charge in [0.15, 0.2) is 0 Å². The minimum atomic E-state index is -0.975. The molecule has 0 saturated carbocycles. The fourth-order valence-corrected chi connectivity index (χ4v) is 1.68. The Bertz CT molecular complexity index is 329. The molecule has 0 heterocycles. The van der Waals surface area contributed by atoms with E-state index in [1.54, 1.807) is 12.1 Å². The molecular formula is C13H20FNO. The van der Waals surface area contributed by atoms with Crippen molar-refractivity contribution < 1.29 is 9.50 Å². The summed E-state index contributed by atoms with van der Waals surface area (Å²) in [4.78, 5) is 0. The summed E-state index contributed by atoms with van der Waals surface area (Å²) in [6.07, 6.45) is 1.58. The topological polar surface area (TPSA) is 32.3 Å². The molecule has 0 radical (unpaired) electrons. The summed E-state index contributed by atoms with van der Waals surface area (Å²) < 4.78 is 13.1. The Labute approximate surface area is 96.5 Å². The molecule has 3 heteroatoms. The molecule has 1 aromatic rings. The smallest absolute Gasteiger partial charge is 0.123 e. The molecule has 90 valence electrons. The van der Waals surface area contributed by atoms with Crippen LogP contribution < -0.4 is 5.32 Å². The van der Waals surface area contributed by atoms with Crippen molar-refractivity contribution in [1.29, 1.82) is 0 Å². The monoisotopic (exact) mass is 225 g/mol. The molecule has 1 unspecified atom stereocenters. The first-order valence-corrected chi connectivity index (χ1v) is 5.81. The molecule has 0 saturated heterocycles. The zero-order valence-electron chi connectivity index (χ0n) is 9.96. The summed E-state index contributed by atoms with van der Waals surface area (Å²) in [6.45, 7) is 5.29. The Hall–Kier alpha value is -0.930. The predicted octanol–water partition coefficient (Wildman–Crippen LogP) is 2.42. The van der Waals surface area contributed by atoms with Crippen LogP contribution in [0.4, 0.5) is 4.39 Å². The zero-order valence-corrected chi connectivity index (χ0v) is 9.96. The fourth-order valence-electron chi connectivity index (χ4n) is 1.68. The average molecular weight is 225 g/mol. The normalized spacial score (nSPS) is 14.8. The van der Waals surface area contributed by atoms with Crippen LogP contribution in [0.25, 0.3) is 0 Å². The highest BCUT2D eigenvalue weighted by Gasteiger charge is 2.26. The van der Waals surface area contributed by atoms with E-state index in [1.165, 1.54) is 12.1 Å². The van der Waals surface area contributed by atoms with Crippen molar-refractivity contribution >= 4 is 0 Å². The predicted molar refractivity (Wildman–Crippen MR) is 63.7 cm³/mol. The lowest BCUT2D eigenvalue weighted by Gasteiger charge is -2.27. The Morgan fingerprint density at radius 3 is 2.69 bits per heavy atom. The van der Waals surface area contributed by atoms with Gasteiger partial charge < -0.3 is 10.4 Å². The Kier molecular flexibility index (Phi) is 4.90. The molecule has 16 heavy (non-hydrogen) atoms. The molecule has 0 aliphatic rings. The second-order valence-corrected chi connectivity index (χ2v) is 4.07. The number of hydrogen-bond acceptors (Lipinski definition) is 2. The van der Waals surface area contributed by atoms with Gasteiger partial charge in [0.05, 0.1) is 0 Å². The van der Waals surface area contributed by atoms with Gasteiger partial charge >= 0.3 is 0 Å². The molecule has 0 fully saturated rings. The highest BCUT2D eigenvalue weighted by atomic mass is 19.1. The number of benzene rings is 1. The Morgan fingerprint density at radius 2 is 2.12 bits per heavy atom. The van der Waals surface area contributed by atoms with E-state index in [9.17, 15) is 9.50 Å². The van der Waals surface area contributed by atoms with Crippen LogP contribution in [0.5, 0.6) is 0 Å². The van der Waals surface area contributed by atoms with Gasteiger partial charge in [-0.05, 0) is 37.1 Å². The van der Waals surface area contributed by atoms with E-state index in [1.807, 2.05) is 6.92 Å². The van der Waals surface area contributed by atoms with Crippen molar-refractivity contribution in [3.8, 4) is 0 Å². The average Bonchev–Trinajstić information content (AvgIpc) is 2.29. The molecule has 0 bridgehead atoms. The van der Waals surface area contributed by atoms with Crippen LogP contribution in [-0.4, -0.2) is 18.2 Å². The van der Waals surface area contributed by atoms with Crippen molar-refractivity contribution in [2.45, 2.75) is 32.3 Å². The third-order valence-corrected chi connectivity index (χ3v) is 2.79. The lowest BCUT2D eigenvalue weighted by molar-refractivity contribution is 0.0326. The third-order valence-electron chi connectivity index (χ3n) is 2.79. The van der Waals surface area contributed by atoms with E-state index in [4.69, 9.17) is 0 Å². The lowest BCUT2D eigenvalue weighted by atomic mass is 9.91. The van der Waals surface area contributed by atoms with Crippen LogP contribution in [0, 0.1) is 5.82 Å². The number of hydrogen-bond donors (Lipinski definition) is 2. The zero-order chi connectivity index (χ0) is 12.0. The van der Waals surface area contributed by atoms with Gasteiger partial charge in [-0.3, -0.25) is 0 Å². The van der Waals surface area contributed by atoms with Crippen molar-refractivity contribution in [2.24, 2.45) is 0 Å². The number of aliphatic hydroxyl groups is 1. The first kappa shape index (κ1) is 13.1. The van der Waals surface area contributed by atoms with Gasteiger partial charge in [0.25, 0.3) is 0 Å². The van der Waals surface area contributed by atoms with Crippen molar-refractivity contribution in [3.63, 3.8) is 0 Å². The maximum Gasteiger partial charge on any atom is 0.123 e. The Balaban J connectivity index is 2.78. The second-order valence-electron chi connectivity index (χ2n) is 4.07. The lowest BCUT2D eigenvalue weighted by Crippen LogP contribution is -2.38. The molecule has 2 nitrogen and oxygen atoms in total. The van der Waals surface area contributed by atoms with Crippen molar-refractivity contribution in [2.75, 3.05) is 13.1 Å². The van der Waals surface area contributed by atoms with E-state index in [0.29, 0.717) is 18.5 Å². The van der Waals surface area contributed by atoms with E-state index >= 15 is 0 Å². The summed E-state index contributed by atoms with van der Waals surface area (Å²) in [5, 5.41) is 13.6. The molecule has 0 spiro atoms. The van der Waals surface area contributed by atoms with Crippen LogP contribution in [0.2, 0.25) is 0 Å². The first-order valence-electron chi connectivity index (χ1n) is 5.81. The highest BCUT2D eigenvalue weighted by molar-refractivity contribution is 5.23. The van der Waals surface area contributed by atoms with Gasteiger partial charge in [-0.15, -0.1) is 0 Å². The first-order chi connectivity index (χ1) is 7.62. The van der Waals surface area contributed by atoms with Crippen LogP contribution in [0.3, 0.4) is 0 Å². The Morgan fingerprint density at radius 1 is 1.38 bits per heavy atom. The molecule has 1 rings (SSSR count). The van der Waals surface area contributed by atoms with Crippen molar-refractivity contribution in [3.05, 3.63) is 35.6 Å². The molecule has 0 aromatic heterocycles. The minimum Gasteiger partial charge on any atom is -0.384 e. The second kappa shape index (κ2) is 5.97. The molecule has 2 N–H and O–H groups in total. The summed E-state index contributed by atoms with van der Waals surface area (Å²) >= 11 is 0. The third kappa shape index (κ3) is 3.29. The van der Waals surface area contributed by atoms with E-state index in [2.05, 4.69) is 12.2 Å². The maximum atomic E-state index is 13.1. The van der Waals surface area contributed by atoms with E-state index < -0.39 is 5.60 Å². The standard InChI is InChI=1S/C13H20FNO/c1-3-8-15-10-13(16,4-2)11-6-5-7-12(14)9-11/h5-7,9,15-16H,3-4,8,10H2,1-2H3. The largest absolute Gasteiger partial charge is 0.384 e. The quantitative estimate of drug-likeness (QED) is 0.729. The van der Waals surface area contributed by atoms with Gasteiger partial charge in [0.1, 0.15) is 11.4 Å². The number of rotatable bonds is 6. The molecule has 1 aromatic carbocycles. The highest BCUT2D eigenvalue weighted by Crippen LogP contribution is 2.24. The van der Waals surface area contributed by atoms with Gasteiger partial charge in [0, 0.05) is 6.54 Å². The molecule has 0 aliphatic carbocycles. The summed E-state index contributed by atoms with van der Waals surface area (Å²) in [7, 11) is 0. The van der Waals surface area contributed by atoms with Crippen LogP contribution >= 0.6 is 0 Å². The van der Waals surface area contributed by atoms with Crippen molar-refractivity contribution in [1.82, 2.24) is 5.32 Å². The van der Waals surface area contributed by atoms with Crippen LogP contribution in [-0.2, 0) is 5.60 Å². The maximum absolute atomic E-state index is 13.1. The van der Waals surface area contributed by atoms with Crippen LogP contribution in [0.15, 0.2) is 24.3 Å². The molecular weight excluding hydrogens is 205 g/mol. The summed E-state index contributed by atoms with van der Waals surface area (Å²) in [5.41, 5.74) is -0.337. The number of nitrogens with one attached hydrogen (secondary N) is 1. The van der Waals surface area contributed by atoms with Gasteiger partial charge in [-0.2, -0.15) is 0 Å². The van der Waals surface area contributed by atoms with Gasteiger partial charge in [-0.1, -0.05) is 26.0 Å². The van der Waals surface area contributed by atoms with Gasteiger partial charge in [-0.25, -0.2) is 4.39 Å². The summed E-state index contributed by atoms with van der Waals surface area (Å²) in [6, 6.07) is 6.18. The minimum absolute atomic E-state index is 0.306. The molecule has 0 aliphatic heterocycles. The summed E-state index contributed by atoms with van der Waals surface area (Å²) in [5.74, 6) is -0.306. The van der Waals surface area contributed by atoms with E-state index in [0.717, 1.165) is 13.0 Å². The fraction of sp³-hybridized carbons (Fsp3) is 0.538. The molecule has 0 amide bonds. The van der Waals surface area contributed by atoms with Gasteiger partial charge in [0.2, 0.25) is 0 Å². The van der Waals surface area contributed by atoms with Crippen LogP contribution in [0.1, 0.15) is 32.3 Å².